The Balaban J connectivity index is 1.72. The molecule has 21 heavy (non-hydrogen) atoms. The van der Waals surface area contributed by atoms with Crippen molar-refractivity contribution in [1.82, 2.24) is 10.2 Å². The van der Waals surface area contributed by atoms with E-state index in [-0.39, 0.29) is 0 Å². The predicted molar refractivity (Wildman–Crippen MR) is 92.2 cm³/mol. The number of nitrogens with zero attached hydrogens (tertiary/aromatic N) is 2. The Labute approximate surface area is 134 Å². The van der Waals surface area contributed by atoms with Crippen LogP contribution in [0.25, 0.3) is 0 Å². The first-order valence-electron chi connectivity index (χ1n) is 8.36. The second kappa shape index (κ2) is 8.28. The van der Waals surface area contributed by atoms with Gasteiger partial charge in [0.05, 0.1) is 0 Å². The molecule has 2 fully saturated rings. The van der Waals surface area contributed by atoms with Crippen LogP contribution in [0, 0.1) is 5.92 Å². The van der Waals surface area contributed by atoms with Crippen molar-refractivity contribution < 1.29 is 4.74 Å². The van der Waals surface area contributed by atoms with Gasteiger partial charge in [0.25, 0.3) is 0 Å². The second-order valence-electron chi connectivity index (χ2n) is 6.64. The molecule has 0 atom stereocenters. The van der Waals surface area contributed by atoms with Crippen molar-refractivity contribution in [2.75, 3.05) is 45.1 Å². The quantitative estimate of drug-likeness (QED) is 0.445. The van der Waals surface area contributed by atoms with Gasteiger partial charge in [0, 0.05) is 49.9 Å². The van der Waals surface area contributed by atoms with E-state index in [2.05, 4.69) is 42.7 Å². The molecule has 122 valence electrons. The number of thioether (sulfide) groups is 1. The average molecular weight is 314 g/mol. The molecule has 0 bridgehead atoms. The summed E-state index contributed by atoms with van der Waals surface area (Å²) in [5.41, 5.74) is 0. The number of hydrogen-bond donors (Lipinski definition) is 1. The Morgan fingerprint density at radius 3 is 2.90 bits per heavy atom. The fourth-order valence-electron chi connectivity index (χ4n) is 2.51. The van der Waals surface area contributed by atoms with E-state index in [4.69, 9.17) is 9.73 Å². The number of nitrogens with one attached hydrogen (secondary N) is 1. The van der Waals surface area contributed by atoms with Gasteiger partial charge in [-0.1, -0.05) is 0 Å². The highest BCUT2D eigenvalue weighted by molar-refractivity contribution is 8.00. The number of guanidine groups is 1. The van der Waals surface area contributed by atoms with Crippen molar-refractivity contribution in [3.8, 4) is 0 Å². The molecular formula is C16H31N3OS. The molecule has 1 aliphatic carbocycles. The second-order valence-corrected chi connectivity index (χ2v) is 8.44. The van der Waals surface area contributed by atoms with E-state index >= 15 is 0 Å². The van der Waals surface area contributed by atoms with E-state index in [1.54, 1.807) is 0 Å². The molecule has 0 amide bonds. The summed E-state index contributed by atoms with van der Waals surface area (Å²) in [7, 11) is 0. The standard InChI is InChI=1S/C16H31N3OS/c1-4-17-15(19-9-11-21-16(2,3)13-19)18-8-5-10-20-12-14-6-7-14/h14H,4-13H2,1-3H3,(H,17,18). The third-order valence-electron chi connectivity index (χ3n) is 3.82. The zero-order chi connectivity index (χ0) is 15.1. The summed E-state index contributed by atoms with van der Waals surface area (Å²) in [6.45, 7) is 12.5. The van der Waals surface area contributed by atoms with Crippen LogP contribution < -0.4 is 5.32 Å². The molecule has 2 rings (SSSR count). The summed E-state index contributed by atoms with van der Waals surface area (Å²) in [6, 6.07) is 0. The van der Waals surface area contributed by atoms with Crippen molar-refractivity contribution in [3.63, 3.8) is 0 Å². The largest absolute Gasteiger partial charge is 0.381 e. The van der Waals surface area contributed by atoms with E-state index in [0.29, 0.717) is 4.75 Å². The number of ether oxygens (including phenoxy) is 1. The third-order valence-corrected chi connectivity index (χ3v) is 5.12. The van der Waals surface area contributed by atoms with Crippen molar-refractivity contribution in [3.05, 3.63) is 0 Å². The molecule has 1 saturated heterocycles. The maximum absolute atomic E-state index is 5.67. The summed E-state index contributed by atoms with van der Waals surface area (Å²) in [5, 5.41) is 3.44. The first kappa shape index (κ1) is 16.9. The SMILES string of the molecule is CCNC(=NCCCOCC1CC1)N1CCSC(C)(C)C1. The molecule has 0 aromatic rings. The smallest absolute Gasteiger partial charge is 0.193 e. The zero-order valence-electron chi connectivity index (χ0n) is 13.9. The highest BCUT2D eigenvalue weighted by atomic mass is 32.2. The maximum atomic E-state index is 5.67. The summed E-state index contributed by atoms with van der Waals surface area (Å²) < 4.78 is 5.99. The Kier molecular flexibility index (Phi) is 6.68. The van der Waals surface area contributed by atoms with Gasteiger partial charge in [-0.3, -0.25) is 4.99 Å². The zero-order valence-corrected chi connectivity index (χ0v) is 14.7. The molecule has 1 N–H and O–H groups in total. The van der Waals surface area contributed by atoms with Crippen molar-refractivity contribution >= 4 is 17.7 Å². The van der Waals surface area contributed by atoms with Crippen molar-refractivity contribution in [1.29, 1.82) is 0 Å². The third kappa shape index (κ3) is 6.47. The van der Waals surface area contributed by atoms with Crippen LogP contribution in [0.2, 0.25) is 0 Å². The van der Waals surface area contributed by atoms with Crippen LogP contribution in [0.4, 0.5) is 0 Å². The lowest BCUT2D eigenvalue weighted by atomic mass is 10.2. The number of rotatable bonds is 7. The van der Waals surface area contributed by atoms with Gasteiger partial charge in [0.15, 0.2) is 5.96 Å². The normalized spacial score (nSPS) is 22.4. The van der Waals surface area contributed by atoms with Gasteiger partial charge in [-0.25, -0.2) is 0 Å². The Bertz CT molecular complexity index is 342. The van der Waals surface area contributed by atoms with Crippen LogP contribution in [0.5, 0.6) is 0 Å². The molecule has 2 aliphatic rings. The Hall–Kier alpha value is -0.420. The molecular weight excluding hydrogens is 282 g/mol. The van der Waals surface area contributed by atoms with Crippen molar-refractivity contribution in [2.45, 2.75) is 44.8 Å². The first-order valence-corrected chi connectivity index (χ1v) is 9.34. The lowest BCUT2D eigenvalue weighted by Gasteiger charge is -2.39. The predicted octanol–water partition coefficient (Wildman–Crippen LogP) is 2.60. The molecule has 4 nitrogen and oxygen atoms in total. The molecule has 0 aromatic heterocycles. The van der Waals surface area contributed by atoms with E-state index in [9.17, 15) is 0 Å². The van der Waals surface area contributed by atoms with Crippen LogP contribution in [-0.4, -0.2) is 60.8 Å². The van der Waals surface area contributed by atoms with E-state index in [1.807, 2.05) is 0 Å². The number of aliphatic imine (C=N–C) groups is 1. The van der Waals surface area contributed by atoms with Crippen LogP contribution in [-0.2, 0) is 4.74 Å². The van der Waals surface area contributed by atoms with Gasteiger partial charge in [0.1, 0.15) is 0 Å². The molecule has 1 aliphatic heterocycles. The first-order chi connectivity index (χ1) is 10.1. The van der Waals surface area contributed by atoms with Gasteiger partial charge in [0.2, 0.25) is 0 Å². The summed E-state index contributed by atoms with van der Waals surface area (Å²) >= 11 is 2.06. The minimum absolute atomic E-state index is 0.321. The fraction of sp³-hybridized carbons (Fsp3) is 0.938. The van der Waals surface area contributed by atoms with Gasteiger partial charge in [-0.2, -0.15) is 11.8 Å². The Morgan fingerprint density at radius 1 is 1.43 bits per heavy atom. The summed E-state index contributed by atoms with van der Waals surface area (Å²) in [4.78, 5) is 7.18. The van der Waals surface area contributed by atoms with Crippen LogP contribution in [0.15, 0.2) is 4.99 Å². The molecule has 5 heteroatoms. The lowest BCUT2D eigenvalue weighted by molar-refractivity contribution is 0.123. The summed E-state index contributed by atoms with van der Waals surface area (Å²) in [6.07, 6.45) is 3.75. The minimum Gasteiger partial charge on any atom is -0.381 e. The van der Waals surface area contributed by atoms with Crippen LogP contribution >= 0.6 is 11.8 Å². The lowest BCUT2D eigenvalue weighted by Crippen LogP contribution is -2.51. The van der Waals surface area contributed by atoms with E-state index < -0.39 is 0 Å². The van der Waals surface area contributed by atoms with Gasteiger partial charge in [-0.15, -0.1) is 0 Å². The molecule has 1 heterocycles. The Morgan fingerprint density at radius 2 is 2.24 bits per heavy atom. The average Bonchev–Trinajstić information content (AvgIpc) is 3.24. The van der Waals surface area contributed by atoms with Gasteiger partial charge < -0.3 is 15.0 Å². The highest BCUT2D eigenvalue weighted by Gasteiger charge is 2.28. The summed E-state index contributed by atoms with van der Waals surface area (Å²) in [5.74, 6) is 3.12. The monoisotopic (exact) mass is 313 g/mol. The molecule has 1 saturated carbocycles. The van der Waals surface area contributed by atoms with Gasteiger partial charge in [-0.05, 0) is 46.0 Å². The van der Waals surface area contributed by atoms with E-state index in [1.165, 1.54) is 18.6 Å². The molecule has 0 unspecified atom stereocenters. The maximum Gasteiger partial charge on any atom is 0.193 e. The highest BCUT2D eigenvalue weighted by Crippen LogP contribution is 2.29. The minimum atomic E-state index is 0.321. The van der Waals surface area contributed by atoms with Crippen LogP contribution in [0.3, 0.4) is 0 Å². The number of hydrogen-bond acceptors (Lipinski definition) is 3. The molecule has 0 spiro atoms. The van der Waals surface area contributed by atoms with Crippen molar-refractivity contribution in [2.24, 2.45) is 10.9 Å². The van der Waals surface area contributed by atoms with Crippen LogP contribution in [0.1, 0.15) is 40.0 Å². The van der Waals surface area contributed by atoms with E-state index in [0.717, 1.165) is 57.7 Å². The molecule has 0 radical (unpaired) electrons. The molecule has 0 aromatic carbocycles. The topological polar surface area (TPSA) is 36.9 Å². The fourth-order valence-corrected chi connectivity index (χ4v) is 3.62. The van der Waals surface area contributed by atoms with Gasteiger partial charge >= 0.3 is 0 Å².